The molecule has 5 aliphatic rings. The second-order valence-corrected chi connectivity index (χ2v) is 15.8. The summed E-state index contributed by atoms with van der Waals surface area (Å²) in [5.41, 5.74) is 5.27. The van der Waals surface area contributed by atoms with Crippen molar-refractivity contribution in [3.05, 3.63) is 11.6 Å². The van der Waals surface area contributed by atoms with Gasteiger partial charge in [0.2, 0.25) is 0 Å². The highest BCUT2D eigenvalue weighted by Gasteiger charge is 2.70. The number of allylic oxidation sites excluding steroid dienone is 2. The van der Waals surface area contributed by atoms with Crippen molar-refractivity contribution in [2.75, 3.05) is 0 Å². The standard InChI is InChI=1S/C31H47F3N2O3/c1-25(2)21-8-11-30(7)23(28(21,5)10-9-22(25)35)20(37)16-18-19-17-27(4,24(38)36(39)31(32,33)34)13-12-26(19,3)14-15-29(18,30)6/h16,19,21-23,39H,8-15,17,35H2,1-7H3/t19-,21?,22-,23+,26+,27-,28-,29+,30+/m0/s1. The zero-order chi connectivity index (χ0) is 29.2. The van der Waals surface area contributed by atoms with E-state index in [2.05, 4.69) is 41.5 Å². The minimum Gasteiger partial charge on any atom is -0.327 e. The molecule has 0 aromatic carbocycles. The van der Waals surface area contributed by atoms with Crippen LogP contribution < -0.4 is 5.73 Å². The number of nitrogens with two attached hydrogens (primary N) is 1. The number of carbonyl (C=O) groups excluding carboxylic acids is 2. The van der Waals surface area contributed by atoms with Crippen LogP contribution in [-0.2, 0) is 9.59 Å². The SMILES string of the molecule is CC1(C)C2CC[C@]3(C)[C@H](C(=O)C=C4[C@@H]5C[C@@](C)(C(=O)N(O)C(F)(F)F)CC[C@]5(C)CC[C@]43C)[C@@]2(C)CC[C@@H]1N. The van der Waals surface area contributed by atoms with E-state index in [0.29, 0.717) is 12.3 Å². The summed E-state index contributed by atoms with van der Waals surface area (Å²) in [6.45, 7) is 15.1. The van der Waals surface area contributed by atoms with Gasteiger partial charge in [0.25, 0.3) is 5.91 Å². The Balaban J connectivity index is 1.57. The fourth-order valence-corrected chi connectivity index (χ4v) is 10.8. The molecule has 1 amide bonds. The maximum absolute atomic E-state index is 14.3. The fourth-order valence-electron chi connectivity index (χ4n) is 10.8. The Morgan fingerprint density at radius 1 is 0.974 bits per heavy atom. The maximum Gasteiger partial charge on any atom is 0.510 e. The van der Waals surface area contributed by atoms with Gasteiger partial charge in [-0.05, 0) is 103 Å². The van der Waals surface area contributed by atoms with E-state index in [-0.39, 0.29) is 63.6 Å². The first-order chi connectivity index (χ1) is 17.7. The molecule has 0 aromatic heterocycles. The van der Waals surface area contributed by atoms with Gasteiger partial charge in [-0.25, -0.2) is 0 Å². The summed E-state index contributed by atoms with van der Waals surface area (Å²) in [6, 6.07) is 0.107. The summed E-state index contributed by atoms with van der Waals surface area (Å²) in [5.74, 6) is -1.14. The second kappa shape index (κ2) is 8.33. The third-order valence-corrected chi connectivity index (χ3v) is 13.6. The minimum atomic E-state index is -5.15. The van der Waals surface area contributed by atoms with Crippen molar-refractivity contribution in [1.29, 1.82) is 0 Å². The molecule has 5 aliphatic carbocycles. The van der Waals surface area contributed by atoms with Crippen molar-refractivity contribution >= 4 is 11.7 Å². The quantitative estimate of drug-likeness (QED) is 0.208. The highest BCUT2D eigenvalue weighted by molar-refractivity contribution is 5.95. The Labute approximate surface area is 231 Å². The fraction of sp³-hybridized carbons (Fsp3) is 0.871. The van der Waals surface area contributed by atoms with Gasteiger partial charge in [-0.3, -0.25) is 14.8 Å². The molecule has 9 atom stereocenters. The summed E-state index contributed by atoms with van der Waals surface area (Å²) in [5, 5.41) is 8.70. The first-order valence-corrected chi connectivity index (χ1v) is 14.8. The van der Waals surface area contributed by atoms with Crippen molar-refractivity contribution in [3.8, 4) is 0 Å². The van der Waals surface area contributed by atoms with Gasteiger partial charge in [0.15, 0.2) is 5.78 Å². The highest BCUT2D eigenvalue weighted by atomic mass is 19.4. The number of hydrogen-bond donors (Lipinski definition) is 2. The molecule has 0 radical (unpaired) electrons. The van der Waals surface area contributed by atoms with Crippen molar-refractivity contribution in [2.24, 2.45) is 56.0 Å². The number of carbonyl (C=O) groups is 2. The molecule has 3 N–H and O–H groups in total. The predicted molar refractivity (Wildman–Crippen MR) is 142 cm³/mol. The molecule has 4 fully saturated rings. The molecule has 5 rings (SSSR count). The topological polar surface area (TPSA) is 83.6 Å². The van der Waals surface area contributed by atoms with Crippen molar-refractivity contribution in [2.45, 2.75) is 119 Å². The Morgan fingerprint density at radius 3 is 2.21 bits per heavy atom. The first-order valence-electron chi connectivity index (χ1n) is 14.8. The predicted octanol–water partition coefficient (Wildman–Crippen LogP) is 7.03. The number of hydrogen-bond acceptors (Lipinski definition) is 4. The van der Waals surface area contributed by atoms with E-state index >= 15 is 0 Å². The smallest absolute Gasteiger partial charge is 0.327 e. The summed E-state index contributed by atoms with van der Waals surface area (Å²) < 4.78 is 39.9. The van der Waals surface area contributed by atoms with Crippen LogP contribution in [0.15, 0.2) is 11.6 Å². The van der Waals surface area contributed by atoms with Crippen LogP contribution in [0.1, 0.15) is 106 Å². The number of rotatable bonds is 1. The molecule has 4 saturated carbocycles. The summed E-state index contributed by atoms with van der Waals surface area (Å²) >= 11 is 0. The number of ketones is 1. The van der Waals surface area contributed by atoms with Crippen LogP contribution in [0.2, 0.25) is 0 Å². The normalized spacial score (nSPS) is 49.1. The van der Waals surface area contributed by atoms with Gasteiger partial charge in [-0.1, -0.05) is 54.0 Å². The van der Waals surface area contributed by atoms with Crippen molar-refractivity contribution in [3.63, 3.8) is 0 Å². The number of nitrogens with zero attached hydrogens (tertiary/aromatic N) is 1. The summed E-state index contributed by atoms with van der Waals surface area (Å²) in [7, 11) is 0. The van der Waals surface area contributed by atoms with Gasteiger partial charge in [0, 0.05) is 17.4 Å². The molecule has 5 nitrogen and oxygen atoms in total. The van der Waals surface area contributed by atoms with Crippen LogP contribution in [0.25, 0.3) is 0 Å². The number of halogens is 3. The van der Waals surface area contributed by atoms with E-state index in [1.807, 2.05) is 6.08 Å². The van der Waals surface area contributed by atoms with Gasteiger partial charge >= 0.3 is 6.30 Å². The number of alkyl halides is 3. The zero-order valence-electron chi connectivity index (χ0n) is 24.7. The van der Waals surface area contributed by atoms with Gasteiger partial charge in [0.1, 0.15) is 0 Å². The lowest BCUT2D eigenvalue weighted by Gasteiger charge is -2.70. The molecule has 39 heavy (non-hydrogen) atoms. The van der Waals surface area contributed by atoms with Crippen LogP contribution in [0.4, 0.5) is 13.2 Å². The molecule has 1 unspecified atom stereocenters. The van der Waals surface area contributed by atoms with E-state index in [1.165, 1.54) is 0 Å². The average molecular weight is 553 g/mol. The molecule has 8 heteroatoms. The van der Waals surface area contributed by atoms with E-state index in [0.717, 1.165) is 44.1 Å². The Kier molecular flexibility index (Phi) is 6.21. The van der Waals surface area contributed by atoms with Crippen LogP contribution in [0, 0.1) is 50.2 Å². The lowest BCUT2D eigenvalue weighted by atomic mass is 9.33. The minimum absolute atomic E-state index is 0.0646. The molecule has 0 spiro atoms. The van der Waals surface area contributed by atoms with E-state index < -0.39 is 22.7 Å². The van der Waals surface area contributed by atoms with Gasteiger partial charge < -0.3 is 5.73 Å². The van der Waals surface area contributed by atoms with Gasteiger partial charge in [0.05, 0.1) is 0 Å². The number of amides is 1. The lowest BCUT2D eigenvalue weighted by Crippen LogP contribution is -2.67. The third-order valence-electron chi connectivity index (χ3n) is 13.6. The molecule has 0 saturated heterocycles. The molecule has 0 aliphatic heterocycles. The summed E-state index contributed by atoms with van der Waals surface area (Å²) in [4.78, 5) is 27.3. The van der Waals surface area contributed by atoms with Gasteiger partial charge in [-0.2, -0.15) is 0 Å². The van der Waals surface area contributed by atoms with Crippen molar-refractivity contribution < 1.29 is 28.0 Å². The Hall–Kier alpha value is -1.41. The molecular formula is C31H47F3N2O3. The zero-order valence-corrected chi connectivity index (χ0v) is 24.7. The van der Waals surface area contributed by atoms with Crippen LogP contribution in [0.5, 0.6) is 0 Å². The van der Waals surface area contributed by atoms with Crippen LogP contribution >= 0.6 is 0 Å². The number of fused-ring (bicyclic) bond motifs is 7. The highest BCUT2D eigenvalue weighted by Crippen LogP contribution is 2.75. The summed E-state index contributed by atoms with van der Waals surface area (Å²) in [6.07, 6.45) is 3.34. The van der Waals surface area contributed by atoms with Crippen LogP contribution in [-0.4, -0.2) is 34.3 Å². The van der Waals surface area contributed by atoms with Crippen molar-refractivity contribution in [1.82, 2.24) is 5.06 Å². The molecular weight excluding hydrogens is 505 g/mol. The Morgan fingerprint density at radius 2 is 1.59 bits per heavy atom. The molecule has 220 valence electrons. The van der Waals surface area contributed by atoms with Gasteiger partial charge in [-0.15, -0.1) is 18.2 Å². The third kappa shape index (κ3) is 3.71. The lowest BCUT2D eigenvalue weighted by molar-refractivity contribution is -0.337. The van der Waals surface area contributed by atoms with E-state index in [9.17, 15) is 28.0 Å². The first kappa shape index (κ1) is 29.1. The second-order valence-electron chi connectivity index (χ2n) is 15.8. The van der Waals surface area contributed by atoms with Crippen LogP contribution in [0.3, 0.4) is 0 Å². The monoisotopic (exact) mass is 552 g/mol. The average Bonchev–Trinajstić information content (AvgIpc) is 2.82. The van der Waals surface area contributed by atoms with E-state index in [4.69, 9.17) is 5.73 Å². The van der Waals surface area contributed by atoms with E-state index in [1.54, 1.807) is 6.92 Å². The molecule has 0 bridgehead atoms. The molecule has 0 heterocycles. The Bertz CT molecular complexity index is 1120. The molecule has 0 aromatic rings. The largest absolute Gasteiger partial charge is 0.510 e. The number of hydroxylamine groups is 2. The maximum atomic E-state index is 14.3.